The number of carboxylic acid groups (broad SMARTS) is 5. The summed E-state index contributed by atoms with van der Waals surface area (Å²) in [5.41, 5.74) is 32.3. The van der Waals surface area contributed by atoms with Gasteiger partial charge in [0.2, 0.25) is 70.9 Å². The molecule has 654 valence electrons. The van der Waals surface area contributed by atoms with Crippen molar-refractivity contribution < 1.29 is 127 Å². The van der Waals surface area contributed by atoms with E-state index >= 15 is 0 Å². The summed E-state index contributed by atoms with van der Waals surface area (Å²) in [5, 5.41) is 165. The number of carbonyl (C=O) groups is 17. The fourth-order valence-corrected chi connectivity index (χ4v) is 10.1. The summed E-state index contributed by atoms with van der Waals surface area (Å²) < 4.78 is 0. The Morgan fingerprint density at radius 1 is 0.233 bits per heavy atom. The lowest BCUT2D eigenvalue weighted by atomic mass is 10.0. The zero-order valence-corrected chi connectivity index (χ0v) is 63.0. The molecule has 0 rings (SSSR count). The number of hydrogen-bond donors (Lipinski definition) is 37. The summed E-state index contributed by atoms with van der Waals surface area (Å²) in [6.07, 6.45) is -8.70. The van der Waals surface area contributed by atoms with E-state index in [-0.39, 0.29) is 77.7 Å². The Morgan fingerprint density at radius 3 is 0.552 bits per heavy atom. The lowest BCUT2D eigenvalue weighted by Crippen LogP contribution is -2.61. The molecule has 0 aromatic carbocycles. The highest BCUT2D eigenvalue weighted by Gasteiger charge is 2.38. The Hall–Kier alpha value is -12.9. The van der Waals surface area contributed by atoms with Crippen molar-refractivity contribution in [1.82, 2.24) is 90.4 Å². The number of hydrogen-bond acceptors (Lipinski definition) is 27. The molecule has 0 fully saturated rings. The molecule has 13 atom stereocenters. The lowest BCUT2D eigenvalue weighted by Gasteiger charge is -2.28. The first-order valence-corrected chi connectivity index (χ1v) is 35.8. The topological polar surface area (TPSA) is 952 Å². The number of carbonyl (C=O) groups excluding carboxylic acids is 12. The third-order valence-electron chi connectivity index (χ3n) is 16.2. The second kappa shape index (κ2) is 56.4. The Kier molecular flexibility index (Phi) is 50.1. The molecule has 54 nitrogen and oxygen atoms in total. The van der Waals surface area contributed by atoms with Crippen molar-refractivity contribution >= 4 is 131 Å². The zero-order valence-electron chi connectivity index (χ0n) is 63.0. The molecule has 0 unspecified atom stereocenters. The third kappa shape index (κ3) is 45.0. The molecule has 0 spiro atoms. The van der Waals surface area contributed by atoms with Crippen LogP contribution in [0.2, 0.25) is 0 Å². The number of nitrogens with one attached hydrogen (secondary N) is 22. The first-order chi connectivity index (χ1) is 54.5. The van der Waals surface area contributed by atoms with Gasteiger partial charge in [0.25, 0.3) is 0 Å². The van der Waals surface area contributed by atoms with Crippen LogP contribution in [0.4, 0.5) is 0 Å². The van der Waals surface area contributed by atoms with E-state index in [1.54, 1.807) is 0 Å². The van der Waals surface area contributed by atoms with E-state index in [1.807, 2.05) is 0 Å². The summed E-state index contributed by atoms with van der Waals surface area (Å²) in [4.78, 5) is 226. The molecule has 0 aliphatic rings. The van der Waals surface area contributed by atoms with E-state index in [0.717, 1.165) is 0 Å². The number of aliphatic hydroxyl groups is 4. The zero-order chi connectivity index (χ0) is 88.3. The number of carboxylic acids is 5. The number of rotatable bonds is 61. The Balaban J connectivity index is 7.30. The highest BCUT2D eigenvalue weighted by molar-refractivity contribution is 6.00. The molecule has 0 aliphatic carbocycles. The quantitative estimate of drug-likeness (QED) is 0.0153. The monoisotopic (exact) mass is 1660 g/mol. The standard InChI is InChI=1S/C62H110N28O26/c63-28(24-91)45(103)79-29(6-1-19-74-58(64)65)46(104)84-34(12-16-42(97)98)51(109)88-38(25-92)55(113)81-31(8-3-21-76-60(68)69)48(106)86-36(14-18-44(101)102)53(111)90-40(27-94)56(114)82-32(9-4-22-77-61(70)71)49(107)85-35(13-17-43(99)100)52(110)89-39(26-93)54(112)80-30(7-2-20-75-59(66)67)47(105)83-33(11-15-41(95)96)50(108)87-37(57(115)116)10-5-23-78-62(72)73/h28-40,91-94H,1-27,63H2,(H,79,103)(H,80,112)(H,81,113)(H,82,114)(H,83,105)(H,84,104)(H,85,107)(H,86,106)(H,87,108)(H,88,109)(H,89,110)(H,90,111)(H,95,96)(H,97,98)(H,99,100)(H,101,102)(H,115,116)(H4,64,65,74)(H4,66,67,75)(H4,68,69,76)(H4,70,71,77)(H4,72,73,78)/t28-,29-,30-,31-,32-,33-,34-,35-,36-,37-,38-,39-,40-/m0/s1. The Labute approximate surface area is 661 Å². The predicted molar refractivity (Wildman–Crippen MR) is 400 cm³/mol. The maximum atomic E-state index is 14.3. The van der Waals surface area contributed by atoms with E-state index in [1.165, 1.54) is 0 Å². The molecule has 0 radical (unpaired) electrons. The maximum absolute atomic E-state index is 14.3. The minimum absolute atomic E-state index is 0.000575. The van der Waals surface area contributed by atoms with Crippen molar-refractivity contribution in [2.24, 2.45) is 34.4 Å². The van der Waals surface area contributed by atoms with Gasteiger partial charge in [0.1, 0.15) is 78.5 Å². The van der Waals surface area contributed by atoms with Crippen molar-refractivity contribution in [3.8, 4) is 0 Å². The van der Waals surface area contributed by atoms with Crippen molar-refractivity contribution in [3.63, 3.8) is 0 Å². The summed E-state index contributed by atoms with van der Waals surface area (Å²) in [7, 11) is 0. The minimum Gasteiger partial charge on any atom is -0.481 e. The van der Waals surface area contributed by atoms with Crippen molar-refractivity contribution in [3.05, 3.63) is 0 Å². The largest absolute Gasteiger partial charge is 0.481 e. The molecule has 12 amide bonds. The van der Waals surface area contributed by atoms with E-state index in [0.29, 0.717) is 0 Å². The third-order valence-corrected chi connectivity index (χ3v) is 16.2. The highest BCUT2D eigenvalue weighted by atomic mass is 16.4. The van der Waals surface area contributed by atoms with Gasteiger partial charge >= 0.3 is 29.8 Å². The molecule has 0 aromatic rings. The van der Waals surface area contributed by atoms with Gasteiger partial charge < -0.3 is 171 Å². The van der Waals surface area contributed by atoms with E-state index in [9.17, 15) is 127 Å². The molecule has 43 N–H and O–H groups in total. The normalized spacial score (nSPS) is 14.1. The highest BCUT2D eigenvalue weighted by Crippen LogP contribution is 2.12. The van der Waals surface area contributed by atoms with Crippen LogP contribution in [0.25, 0.3) is 0 Å². The summed E-state index contributed by atoms with van der Waals surface area (Å²) in [5.74, 6) is -25.8. The SMILES string of the molecule is N=C(N)NCCC[C@H](NC(=O)[C@H](CCC(=O)O)NC(=O)[C@H](CCCNC(=N)N)NC(=O)[C@H](CO)NC(=O)[C@H](CCC(=O)O)NC(=O)[C@H](CCCNC(=N)N)NC(=O)[C@H](CO)NC(=O)[C@H](CCC(=O)O)NC(=O)[C@H](CCCNC(=N)N)NC(=O)[C@H](CO)NC(=O)[C@H](CCC(=O)O)NC(=O)[C@H](CCCNC(=N)N)NC(=O)[C@@H](N)CO)C(=O)O. The van der Waals surface area contributed by atoms with Crippen LogP contribution in [0, 0.1) is 27.0 Å². The van der Waals surface area contributed by atoms with Gasteiger partial charge in [-0.25, -0.2) is 4.79 Å². The van der Waals surface area contributed by atoms with Gasteiger partial charge in [-0.2, -0.15) is 0 Å². The predicted octanol–water partition coefficient (Wildman–Crippen LogP) is -15.0. The van der Waals surface area contributed by atoms with E-state index in [2.05, 4.69) is 90.4 Å². The number of nitrogens with two attached hydrogens (primary N) is 6. The smallest absolute Gasteiger partial charge is 0.326 e. The van der Waals surface area contributed by atoms with Crippen LogP contribution in [0.15, 0.2) is 0 Å². The molecule has 0 saturated carbocycles. The van der Waals surface area contributed by atoms with Crippen LogP contribution in [-0.4, -0.2) is 314 Å². The first-order valence-electron chi connectivity index (χ1n) is 35.8. The van der Waals surface area contributed by atoms with Crippen LogP contribution in [0.3, 0.4) is 0 Å². The molecule has 0 saturated heterocycles. The number of guanidine groups is 5. The van der Waals surface area contributed by atoms with Gasteiger partial charge in [0.15, 0.2) is 29.8 Å². The maximum Gasteiger partial charge on any atom is 0.326 e. The molecule has 54 heteroatoms. The summed E-state index contributed by atoms with van der Waals surface area (Å²) >= 11 is 0. The van der Waals surface area contributed by atoms with Crippen molar-refractivity contribution in [1.29, 1.82) is 27.0 Å². The number of aliphatic hydroxyl groups excluding tert-OH is 4. The van der Waals surface area contributed by atoms with Gasteiger partial charge in [-0.15, -0.1) is 0 Å². The van der Waals surface area contributed by atoms with Crippen LogP contribution in [0.5, 0.6) is 0 Å². The van der Waals surface area contributed by atoms with E-state index in [4.69, 9.17) is 61.4 Å². The van der Waals surface area contributed by atoms with Crippen LogP contribution < -0.4 is 125 Å². The fraction of sp³-hybridized carbons (Fsp3) is 0.645. The summed E-state index contributed by atoms with van der Waals surface area (Å²) in [6.45, 7) is -5.35. The van der Waals surface area contributed by atoms with Gasteiger partial charge in [-0.3, -0.25) is 104 Å². The fourth-order valence-electron chi connectivity index (χ4n) is 10.1. The van der Waals surface area contributed by atoms with Gasteiger partial charge in [-0.1, -0.05) is 0 Å². The second-order valence-electron chi connectivity index (χ2n) is 25.6. The van der Waals surface area contributed by atoms with E-state index < -0.39 is 306 Å². The van der Waals surface area contributed by atoms with Crippen LogP contribution >= 0.6 is 0 Å². The molecule has 0 aliphatic heterocycles. The molecular formula is C62H110N28O26. The van der Waals surface area contributed by atoms with Crippen molar-refractivity contribution in [2.75, 3.05) is 59.2 Å². The molecule has 0 aromatic heterocycles. The number of aliphatic carboxylic acids is 5. The lowest BCUT2D eigenvalue weighted by molar-refractivity contribution is -0.143. The molecule has 0 bridgehead atoms. The van der Waals surface area contributed by atoms with Gasteiger partial charge in [0, 0.05) is 58.4 Å². The Bertz CT molecular complexity index is 3410. The minimum atomic E-state index is -2.16. The van der Waals surface area contributed by atoms with Gasteiger partial charge in [0.05, 0.1) is 26.4 Å². The van der Waals surface area contributed by atoms with Crippen LogP contribution in [0.1, 0.15) is 116 Å². The average molecular weight is 1660 g/mol. The first kappa shape index (κ1) is 103. The van der Waals surface area contributed by atoms with Crippen molar-refractivity contribution in [2.45, 2.75) is 194 Å². The molecule has 0 heterocycles. The summed E-state index contributed by atoms with van der Waals surface area (Å²) in [6, 6.07) is -24.3. The molecular weight excluding hydrogens is 1550 g/mol. The molecule has 116 heavy (non-hydrogen) atoms. The second-order valence-corrected chi connectivity index (χ2v) is 25.6. The Morgan fingerprint density at radius 2 is 0.388 bits per heavy atom. The van der Waals surface area contributed by atoms with Gasteiger partial charge in [-0.05, 0) is 89.9 Å². The number of amides is 12. The average Bonchev–Trinajstić information content (AvgIpc) is 0.864. The van der Waals surface area contributed by atoms with Crippen LogP contribution in [-0.2, 0) is 81.5 Å².